The summed E-state index contributed by atoms with van der Waals surface area (Å²) in [5.74, 6) is -0.104. The number of amides is 1. The number of aliphatic hydroxyl groups is 2. The van der Waals surface area contributed by atoms with E-state index in [-0.39, 0.29) is 18.5 Å². The highest BCUT2D eigenvalue weighted by Crippen LogP contribution is 2.16. The van der Waals surface area contributed by atoms with E-state index in [1.807, 2.05) is 6.08 Å². The highest BCUT2D eigenvalue weighted by Gasteiger charge is 2.18. The SMILES string of the molecule is CCCCC/C=C\CCCCCCCC(=O)OCCCCCCCCCCCCCCC(=O)NC(CO)C(O)/C=C/CCCCCCCCCCCCCCCCC. The van der Waals surface area contributed by atoms with E-state index < -0.39 is 12.1 Å². The summed E-state index contributed by atoms with van der Waals surface area (Å²) >= 11 is 0. The fourth-order valence-electron chi connectivity index (χ4n) is 7.74. The minimum absolute atomic E-state index is 0.0210. The first kappa shape index (κ1) is 56.3. The second kappa shape index (κ2) is 48.0. The van der Waals surface area contributed by atoms with Crippen LogP contribution < -0.4 is 5.32 Å². The van der Waals surface area contributed by atoms with Crippen LogP contribution in [0.15, 0.2) is 24.3 Å². The molecule has 0 aliphatic carbocycles. The van der Waals surface area contributed by atoms with Gasteiger partial charge in [-0.05, 0) is 57.8 Å². The van der Waals surface area contributed by atoms with E-state index in [0.29, 0.717) is 19.4 Å². The van der Waals surface area contributed by atoms with Gasteiger partial charge in [0.2, 0.25) is 5.91 Å². The number of unbranched alkanes of at least 4 members (excludes halogenated alkanes) is 34. The van der Waals surface area contributed by atoms with Gasteiger partial charge in [0, 0.05) is 12.8 Å². The minimum atomic E-state index is -0.854. The summed E-state index contributed by atoms with van der Waals surface area (Å²) in [6.07, 6.45) is 56.0. The van der Waals surface area contributed by atoms with Crippen molar-refractivity contribution in [3.63, 3.8) is 0 Å². The Labute approximate surface area is 361 Å². The van der Waals surface area contributed by atoms with Gasteiger partial charge in [-0.15, -0.1) is 0 Å². The molecule has 2 unspecified atom stereocenters. The first-order valence-electron chi connectivity index (χ1n) is 25.6. The molecule has 1 amide bonds. The molecular formula is C52H99NO5. The monoisotopic (exact) mass is 818 g/mol. The third-order valence-electron chi connectivity index (χ3n) is 11.7. The third kappa shape index (κ3) is 43.9. The molecule has 3 N–H and O–H groups in total. The van der Waals surface area contributed by atoms with Crippen molar-refractivity contribution in [2.24, 2.45) is 0 Å². The Hall–Kier alpha value is -1.66. The minimum Gasteiger partial charge on any atom is -0.466 e. The summed E-state index contributed by atoms with van der Waals surface area (Å²) in [5, 5.41) is 23.1. The van der Waals surface area contributed by atoms with Crippen LogP contribution in [0.3, 0.4) is 0 Å². The largest absolute Gasteiger partial charge is 0.466 e. The predicted octanol–water partition coefficient (Wildman–Crippen LogP) is 15.1. The molecule has 0 aromatic heterocycles. The maximum Gasteiger partial charge on any atom is 0.305 e. The Balaban J connectivity index is 3.51. The van der Waals surface area contributed by atoms with Crippen molar-refractivity contribution in [3.8, 4) is 0 Å². The number of rotatable bonds is 47. The topological polar surface area (TPSA) is 95.9 Å². The second-order valence-electron chi connectivity index (χ2n) is 17.5. The van der Waals surface area contributed by atoms with Gasteiger partial charge in [-0.25, -0.2) is 0 Å². The molecule has 0 radical (unpaired) electrons. The van der Waals surface area contributed by atoms with E-state index in [0.717, 1.165) is 57.8 Å². The number of hydrogen-bond acceptors (Lipinski definition) is 5. The number of nitrogens with one attached hydrogen (secondary N) is 1. The van der Waals surface area contributed by atoms with E-state index in [1.165, 1.54) is 186 Å². The quantitative estimate of drug-likeness (QED) is 0.0323. The average molecular weight is 818 g/mol. The molecule has 0 aliphatic heterocycles. The van der Waals surface area contributed by atoms with Gasteiger partial charge in [-0.1, -0.05) is 224 Å². The van der Waals surface area contributed by atoms with Gasteiger partial charge in [0.05, 0.1) is 25.4 Å². The molecular weight excluding hydrogens is 719 g/mol. The third-order valence-corrected chi connectivity index (χ3v) is 11.7. The summed E-state index contributed by atoms with van der Waals surface area (Å²) in [4.78, 5) is 24.4. The van der Waals surface area contributed by atoms with E-state index in [4.69, 9.17) is 4.74 Å². The summed E-state index contributed by atoms with van der Waals surface area (Å²) in [5.41, 5.74) is 0. The lowest BCUT2D eigenvalue weighted by molar-refractivity contribution is -0.143. The van der Waals surface area contributed by atoms with Crippen LogP contribution in [0.25, 0.3) is 0 Å². The van der Waals surface area contributed by atoms with Gasteiger partial charge in [0.25, 0.3) is 0 Å². The number of esters is 1. The molecule has 2 atom stereocenters. The number of carbonyl (C=O) groups excluding carboxylic acids is 2. The Bertz CT molecular complexity index is 904. The molecule has 0 aromatic carbocycles. The van der Waals surface area contributed by atoms with Crippen LogP contribution in [0.5, 0.6) is 0 Å². The summed E-state index contributed by atoms with van der Waals surface area (Å²) in [7, 11) is 0. The van der Waals surface area contributed by atoms with Crippen molar-refractivity contribution in [3.05, 3.63) is 24.3 Å². The molecule has 0 aromatic rings. The number of carbonyl (C=O) groups is 2. The van der Waals surface area contributed by atoms with E-state index >= 15 is 0 Å². The number of hydrogen-bond donors (Lipinski definition) is 3. The van der Waals surface area contributed by atoms with E-state index in [9.17, 15) is 19.8 Å². The zero-order chi connectivity index (χ0) is 42.3. The predicted molar refractivity (Wildman–Crippen MR) is 250 cm³/mol. The average Bonchev–Trinajstić information content (AvgIpc) is 3.22. The summed E-state index contributed by atoms with van der Waals surface area (Å²) < 4.78 is 5.44. The molecule has 0 bridgehead atoms. The fraction of sp³-hybridized carbons (Fsp3) is 0.885. The lowest BCUT2D eigenvalue weighted by Gasteiger charge is -2.20. The van der Waals surface area contributed by atoms with Crippen LogP contribution in [0.4, 0.5) is 0 Å². The maximum absolute atomic E-state index is 12.4. The normalized spacial score (nSPS) is 12.8. The van der Waals surface area contributed by atoms with Crippen LogP contribution in [0, 0.1) is 0 Å². The van der Waals surface area contributed by atoms with Gasteiger partial charge in [0.1, 0.15) is 0 Å². The number of ether oxygens (including phenoxy) is 1. The second-order valence-corrected chi connectivity index (χ2v) is 17.5. The molecule has 6 nitrogen and oxygen atoms in total. The zero-order valence-corrected chi connectivity index (χ0v) is 38.8. The Morgan fingerprint density at radius 2 is 0.810 bits per heavy atom. The van der Waals surface area contributed by atoms with Gasteiger partial charge in [-0.3, -0.25) is 9.59 Å². The standard InChI is InChI=1S/C52H99NO5/c1-3-5-7-9-11-13-15-17-18-19-20-21-24-28-32-36-40-44-50(55)49(48-54)53-51(56)45-41-37-33-29-25-22-23-27-31-35-39-43-47-58-52(57)46-42-38-34-30-26-16-14-12-10-8-6-4-2/h12,14,40,44,49-50,54-55H,3-11,13,15-39,41-43,45-48H2,1-2H3,(H,53,56)/b14-12-,44-40+. The fourth-order valence-corrected chi connectivity index (χ4v) is 7.74. The lowest BCUT2D eigenvalue weighted by Crippen LogP contribution is -2.45. The van der Waals surface area contributed by atoms with Gasteiger partial charge in [-0.2, -0.15) is 0 Å². The zero-order valence-electron chi connectivity index (χ0n) is 38.8. The molecule has 58 heavy (non-hydrogen) atoms. The van der Waals surface area contributed by atoms with Crippen molar-refractivity contribution in [2.75, 3.05) is 13.2 Å². The van der Waals surface area contributed by atoms with Gasteiger partial charge >= 0.3 is 5.97 Å². The highest BCUT2D eigenvalue weighted by molar-refractivity contribution is 5.76. The van der Waals surface area contributed by atoms with E-state index in [2.05, 4.69) is 31.3 Å². The lowest BCUT2D eigenvalue weighted by atomic mass is 10.0. The Kier molecular flexibility index (Phi) is 46.6. The van der Waals surface area contributed by atoms with Gasteiger partial charge in [0.15, 0.2) is 0 Å². The molecule has 0 aliphatic rings. The molecule has 0 saturated heterocycles. The molecule has 0 spiro atoms. The van der Waals surface area contributed by atoms with Crippen LogP contribution in [-0.4, -0.2) is 47.4 Å². The van der Waals surface area contributed by atoms with Crippen molar-refractivity contribution in [2.45, 2.75) is 283 Å². The first-order valence-corrected chi connectivity index (χ1v) is 25.6. The van der Waals surface area contributed by atoms with Gasteiger partial charge < -0.3 is 20.3 Å². The Morgan fingerprint density at radius 1 is 0.466 bits per heavy atom. The number of allylic oxidation sites excluding steroid dienone is 3. The van der Waals surface area contributed by atoms with Crippen molar-refractivity contribution < 1.29 is 24.5 Å². The molecule has 0 heterocycles. The maximum atomic E-state index is 12.4. The number of aliphatic hydroxyl groups excluding tert-OH is 2. The van der Waals surface area contributed by atoms with Crippen molar-refractivity contribution in [1.29, 1.82) is 0 Å². The first-order chi connectivity index (χ1) is 28.5. The van der Waals surface area contributed by atoms with Crippen LogP contribution in [-0.2, 0) is 14.3 Å². The van der Waals surface area contributed by atoms with E-state index in [1.54, 1.807) is 6.08 Å². The molecule has 0 rings (SSSR count). The van der Waals surface area contributed by atoms with Crippen LogP contribution in [0.2, 0.25) is 0 Å². The highest BCUT2D eigenvalue weighted by atomic mass is 16.5. The molecule has 342 valence electrons. The van der Waals surface area contributed by atoms with Crippen molar-refractivity contribution >= 4 is 11.9 Å². The van der Waals surface area contributed by atoms with Crippen LogP contribution in [0.1, 0.15) is 271 Å². The van der Waals surface area contributed by atoms with Crippen LogP contribution >= 0.6 is 0 Å². The Morgan fingerprint density at radius 3 is 1.26 bits per heavy atom. The van der Waals surface area contributed by atoms with Crippen molar-refractivity contribution in [1.82, 2.24) is 5.32 Å². The molecule has 0 saturated carbocycles. The smallest absolute Gasteiger partial charge is 0.305 e. The molecule has 0 fully saturated rings. The summed E-state index contributed by atoms with van der Waals surface area (Å²) in [6, 6.07) is -0.639. The summed E-state index contributed by atoms with van der Waals surface area (Å²) in [6.45, 7) is 4.84. The molecule has 6 heteroatoms.